The van der Waals surface area contributed by atoms with Gasteiger partial charge in [0.25, 0.3) is 0 Å². The van der Waals surface area contributed by atoms with E-state index < -0.39 is 0 Å². The Labute approximate surface area is 79.6 Å². The van der Waals surface area contributed by atoms with Crippen LogP contribution < -0.4 is 10.4 Å². The molecule has 0 nitrogen and oxygen atoms in total. The number of fused-ring (bicyclic) bond motifs is 1. The summed E-state index contributed by atoms with van der Waals surface area (Å²) in [6.07, 6.45) is 5.68. The summed E-state index contributed by atoms with van der Waals surface area (Å²) in [6.45, 7) is 6.77. The van der Waals surface area contributed by atoms with Crippen LogP contribution in [0.1, 0.15) is 32.8 Å². The lowest BCUT2D eigenvalue weighted by molar-refractivity contribution is 0.589. The van der Waals surface area contributed by atoms with Crippen molar-refractivity contribution in [1.29, 1.82) is 0 Å². The normalized spacial score (nSPS) is 14.7. The minimum absolute atomic E-state index is 0.269. The number of rotatable bonds is 0. The first-order valence-corrected chi connectivity index (χ1v) is 4.88. The molecule has 1 aliphatic rings. The van der Waals surface area contributed by atoms with Gasteiger partial charge in [-0.3, -0.25) is 0 Å². The van der Waals surface area contributed by atoms with Crippen molar-refractivity contribution in [2.24, 2.45) is 0 Å². The summed E-state index contributed by atoms with van der Waals surface area (Å²) < 4.78 is 0. The first kappa shape index (κ1) is 8.55. The number of hydrogen-bond acceptors (Lipinski definition) is 0. The number of hydrogen-bond donors (Lipinski definition) is 0. The van der Waals surface area contributed by atoms with E-state index in [9.17, 15) is 0 Å². The Balaban J connectivity index is 2.62. The van der Waals surface area contributed by atoms with E-state index in [1.54, 1.807) is 0 Å². The molecule has 13 heavy (non-hydrogen) atoms. The lowest BCUT2D eigenvalue weighted by Crippen LogP contribution is -2.24. The van der Waals surface area contributed by atoms with Crippen molar-refractivity contribution in [2.45, 2.75) is 32.6 Å². The van der Waals surface area contributed by atoms with Gasteiger partial charge in [-0.15, -0.1) is 0 Å². The Morgan fingerprint density at radius 1 is 1.00 bits per heavy atom. The second-order valence-corrected chi connectivity index (χ2v) is 4.74. The molecule has 0 spiro atoms. The third-order valence-electron chi connectivity index (χ3n) is 2.63. The molecule has 1 aliphatic carbocycles. The fourth-order valence-electron chi connectivity index (χ4n) is 1.72. The van der Waals surface area contributed by atoms with Crippen LogP contribution in [0.4, 0.5) is 0 Å². The van der Waals surface area contributed by atoms with Crippen LogP contribution in [0, 0.1) is 0 Å². The van der Waals surface area contributed by atoms with Crippen molar-refractivity contribution in [1.82, 2.24) is 0 Å². The van der Waals surface area contributed by atoms with Gasteiger partial charge >= 0.3 is 0 Å². The van der Waals surface area contributed by atoms with Crippen LogP contribution in [0.25, 0.3) is 12.2 Å². The van der Waals surface area contributed by atoms with Crippen molar-refractivity contribution < 1.29 is 0 Å². The van der Waals surface area contributed by atoms with Crippen LogP contribution >= 0.6 is 0 Å². The second-order valence-electron chi connectivity index (χ2n) is 4.74. The maximum absolute atomic E-state index is 2.32. The molecule has 0 radical (unpaired) electrons. The van der Waals surface area contributed by atoms with Gasteiger partial charge in [0.1, 0.15) is 0 Å². The number of benzene rings is 1. The van der Waals surface area contributed by atoms with Crippen molar-refractivity contribution in [3.8, 4) is 0 Å². The van der Waals surface area contributed by atoms with Crippen LogP contribution in [0.3, 0.4) is 0 Å². The van der Waals surface area contributed by atoms with Crippen LogP contribution in [0.2, 0.25) is 0 Å². The van der Waals surface area contributed by atoms with E-state index >= 15 is 0 Å². The van der Waals surface area contributed by atoms with Gasteiger partial charge in [-0.25, -0.2) is 0 Å². The highest BCUT2D eigenvalue weighted by Gasteiger charge is 2.13. The molecule has 0 unspecified atom stereocenters. The summed E-state index contributed by atoms with van der Waals surface area (Å²) in [5.41, 5.74) is 1.70. The largest absolute Gasteiger partial charge is 0.0729 e. The summed E-state index contributed by atoms with van der Waals surface area (Å²) >= 11 is 0. The van der Waals surface area contributed by atoms with Crippen LogP contribution in [-0.4, -0.2) is 0 Å². The average Bonchev–Trinajstić information content (AvgIpc) is 2.47. The van der Waals surface area contributed by atoms with Crippen LogP contribution in [0.5, 0.6) is 0 Å². The molecule has 1 aromatic carbocycles. The molecule has 0 N–H and O–H groups in total. The van der Waals surface area contributed by atoms with E-state index in [2.05, 4.69) is 51.1 Å². The zero-order valence-electron chi connectivity index (χ0n) is 8.59. The molecule has 2 rings (SSSR count). The Hall–Kier alpha value is -1.04. The molecule has 0 saturated heterocycles. The van der Waals surface area contributed by atoms with E-state index in [4.69, 9.17) is 0 Å². The minimum Gasteiger partial charge on any atom is -0.0729 e. The molecule has 0 aromatic heterocycles. The lowest BCUT2D eigenvalue weighted by Gasteiger charge is -2.18. The zero-order valence-corrected chi connectivity index (χ0v) is 8.59. The van der Waals surface area contributed by atoms with Gasteiger partial charge < -0.3 is 0 Å². The fourth-order valence-corrected chi connectivity index (χ4v) is 1.72. The van der Waals surface area contributed by atoms with E-state index in [1.165, 1.54) is 16.0 Å². The zero-order chi connectivity index (χ0) is 9.47. The van der Waals surface area contributed by atoms with E-state index in [-0.39, 0.29) is 5.41 Å². The van der Waals surface area contributed by atoms with Gasteiger partial charge in [-0.2, -0.15) is 0 Å². The minimum atomic E-state index is 0.269. The van der Waals surface area contributed by atoms with E-state index in [0.717, 1.165) is 6.42 Å². The standard InChI is InChI=1S/C13H16/c1-13(2,3)12-8-7-10-5-4-6-11(10)9-12/h5-9H,4H2,1-3H3. The molecule has 0 heteroatoms. The maximum Gasteiger partial charge on any atom is -0.0132 e. The summed E-state index contributed by atoms with van der Waals surface area (Å²) in [6, 6.07) is 6.80. The van der Waals surface area contributed by atoms with Gasteiger partial charge in [-0.05, 0) is 27.8 Å². The fraction of sp³-hybridized carbons (Fsp3) is 0.385. The van der Waals surface area contributed by atoms with Crippen molar-refractivity contribution in [3.63, 3.8) is 0 Å². The SMILES string of the molecule is CC(C)(C)c1ccc2c(c1)=CCC=2. The van der Waals surface area contributed by atoms with Gasteiger partial charge in [0, 0.05) is 0 Å². The predicted molar refractivity (Wildman–Crippen MR) is 57.9 cm³/mol. The molecule has 0 heterocycles. The van der Waals surface area contributed by atoms with Crippen LogP contribution in [-0.2, 0) is 5.41 Å². The Kier molecular flexibility index (Phi) is 1.80. The van der Waals surface area contributed by atoms with Crippen LogP contribution in [0.15, 0.2) is 18.2 Å². The average molecular weight is 172 g/mol. The monoisotopic (exact) mass is 172 g/mol. The summed E-state index contributed by atoms with van der Waals surface area (Å²) in [5.74, 6) is 0. The Bertz CT molecular complexity index is 430. The predicted octanol–water partition coefficient (Wildman–Crippen LogP) is 1.95. The first-order chi connectivity index (χ1) is 6.07. The summed E-state index contributed by atoms with van der Waals surface area (Å²) in [5, 5.41) is 2.81. The Morgan fingerprint density at radius 2 is 1.69 bits per heavy atom. The first-order valence-electron chi connectivity index (χ1n) is 4.88. The van der Waals surface area contributed by atoms with Gasteiger partial charge in [0.15, 0.2) is 0 Å². The lowest BCUT2D eigenvalue weighted by atomic mass is 9.87. The quantitative estimate of drug-likeness (QED) is 0.561. The molecule has 1 aromatic rings. The van der Waals surface area contributed by atoms with Crippen molar-refractivity contribution in [3.05, 3.63) is 34.2 Å². The van der Waals surface area contributed by atoms with Crippen molar-refractivity contribution >= 4 is 12.2 Å². The molecule has 68 valence electrons. The summed E-state index contributed by atoms with van der Waals surface area (Å²) in [7, 11) is 0. The second kappa shape index (κ2) is 2.73. The molecular weight excluding hydrogens is 156 g/mol. The molecule has 0 bridgehead atoms. The third kappa shape index (κ3) is 1.53. The molecule has 0 aliphatic heterocycles. The van der Waals surface area contributed by atoms with Gasteiger partial charge in [-0.1, -0.05) is 51.1 Å². The molecule has 0 amide bonds. The maximum atomic E-state index is 2.32. The van der Waals surface area contributed by atoms with Gasteiger partial charge in [0.2, 0.25) is 0 Å². The molecular formula is C13H16. The highest BCUT2D eigenvalue weighted by Crippen LogP contribution is 2.19. The van der Waals surface area contributed by atoms with E-state index in [0.29, 0.717) is 0 Å². The highest BCUT2D eigenvalue weighted by atomic mass is 14.2. The smallest absolute Gasteiger partial charge is 0.0132 e. The highest BCUT2D eigenvalue weighted by molar-refractivity contribution is 5.47. The Morgan fingerprint density at radius 3 is 2.38 bits per heavy atom. The van der Waals surface area contributed by atoms with Crippen molar-refractivity contribution in [2.75, 3.05) is 0 Å². The molecule has 0 fully saturated rings. The third-order valence-corrected chi connectivity index (χ3v) is 2.63. The topological polar surface area (TPSA) is 0 Å². The molecule has 0 saturated carbocycles. The van der Waals surface area contributed by atoms with E-state index in [1.807, 2.05) is 0 Å². The molecule has 0 atom stereocenters. The van der Waals surface area contributed by atoms with Gasteiger partial charge in [0.05, 0.1) is 0 Å². The summed E-state index contributed by atoms with van der Waals surface area (Å²) in [4.78, 5) is 0.